The van der Waals surface area contributed by atoms with Gasteiger partial charge in [0.05, 0.1) is 6.04 Å². The standard InChI is InChI=1S/C12H14N2O/c1-8(13)12(15)10-6-9-4-2-3-5-11(9)14-7-10/h2-5,7-8,14H,6,13H2,1H3/t8-/m0/s1. The zero-order valence-electron chi connectivity index (χ0n) is 8.66. The van der Waals surface area contributed by atoms with Crippen LogP contribution in [0.15, 0.2) is 36.0 Å². The minimum absolute atomic E-state index is 0.0111. The van der Waals surface area contributed by atoms with Gasteiger partial charge in [-0.15, -0.1) is 0 Å². The second kappa shape index (κ2) is 3.87. The fraction of sp³-hybridized carbons (Fsp3) is 0.250. The van der Waals surface area contributed by atoms with Gasteiger partial charge in [0.15, 0.2) is 5.78 Å². The summed E-state index contributed by atoms with van der Waals surface area (Å²) in [6.45, 7) is 1.71. The number of carbonyl (C=O) groups excluding carboxylic acids is 1. The number of hydrogen-bond acceptors (Lipinski definition) is 3. The van der Waals surface area contributed by atoms with E-state index >= 15 is 0 Å². The fourth-order valence-corrected chi connectivity index (χ4v) is 1.69. The summed E-state index contributed by atoms with van der Waals surface area (Å²) < 4.78 is 0. The molecule has 1 aromatic carbocycles. The zero-order chi connectivity index (χ0) is 10.8. The number of benzene rings is 1. The van der Waals surface area contributed by atoms with E-state index in [-0.39, 0.29) is 5.78 Å². The molecule has 0 fully saturated rings. The SMILES string of the molecule is C[C@H](N)C(=O)C1=CNc2ccccc2C1. The normalized spacial score (nSPS) is 16.0. The lowest BCUT2D eigenvalue weighted by Gasteiger charge is -2.18. The van der Waals surface area contributed by atoms with E-state index in [1.807, 2.05) is 24.3 Å². The molecule has 0 unspecified atom stereocenters. The van der Waals surface area contributed by atoms with Gasteiger partial charge in [0.25, 0.3) is 0 Å². The molecule has 78 valence electrons. The predicted octanol–water partition coefficient (Wildman–Crippen LogP) is 1.45. The van der Waals surface area contributed by atoms with Crippen LogP contribution in [-0.2, 0) is 11.2 Å². The van der Waals surface area contributed by atoms with Crippen LogP contribution < -0.4 is 11.1 Å². The Bertz CT molecular complexity index is 421. The summed E-state index contributed by atoms with van der Waals surface area (Å²) in [7, 11) is 0. The second-order valence-electron chi connectivity index (χ2n) is 3.80. The second-order valence-corrected chi connectivity index (χ2v) is 3.80. The van der Waals surface area contributed by atoms with Crippen LogP contribution in [0, 0.1) is 0 Å². The molecular formula is C12H14N2O. The number of anilines is 1. The Kier molecular flexibility index (Phi) is 2.56. The van der Waals surface area contributed by atoms with Crippen molar-refractivity contribution in [3.8, 4) is 0 Å². The maximum atomic E-state index is 11.7. The Labute approximate surface area is 89.0 Å². The van der Waals surface area contributed by atoms with E-state index in [9.17, 15) is 4.79 Å². The van der Waals surface area contributed by atoms with Gasteiger partial charge in [-0.25, -0.2) is 0 Å². The first-order chi connectivity index (χ1) is 7.18. The highest BCUT2D eigenvalue weighted by atomic mass is 16.1. The first-order valence-electron chi connectivity index (χ1n) is 5.02. The molecule has 0 saturated heterocycles. The molecule has 1 aromatic rings. The van der Waals surface area contributed by atoms with E-state index in [0.29, 0.717) is 6.42 Å². The first kappa shape index (κ1) is 9.93. The van der Waals surface area contributed by atoms with Crippen LogP contribution in [0.4, 0.5) is 5.69 Å². The van der Waals surface area contributed by atoms with E-state index in [1.54, 1.807) is 13.1 Å². The highest BCUT2D eigenvalue weighted by molar-refractivity contribution is 6.00. The molecule has 3 nitrogen and oxygen atoms in total. The van der Waals surface area contributed by atoms with Crippen molar-refractivity contribution in [2.75, 3.05) is 5.32 Å². The summed E-state index contributed by atoms with van der Waals surface area (Å²) in [5.74, 6) is 0.0111. The molecular weight excluding hydrogens is 188 g/mol. The molecule has 0 bridgehead atoms. The minimum atomic E-state index is -0.427. The van der Waals surface area contributed by atoms with Crippen LogP contribution in [0.2, 0.25) is 0 Å². The summed E-state index contributed by atoms with van der Waals surface area (Å²) in [6.07, 6.45) is 2.43. The molecule has 0 saturated carbocycles. The van der Waals surface area contributed by atoms with E-state index < -0.39 is 6.04 Å². The topological polar surface area (TPSA) is 55.1 Å². The molecule has 1 aliphatic rings. The zero-order valence-corrected chi connectivity index (χ0v) is 8.66. The third-order valence-electron chi connectivity index (χ3n) is 2.53. The number of nitrogens with two attached hydrogens (primary N) is 1. The molecule has 3 N–H and O–H groups in total. The van der Waals surface area contributed by atoms with Gasteiger partial charge < -0.3 is 11.1 Å². The number of para-hydroxylation sites is 1. The van der Waals surface area contributed by atoms with Gasteiger partial charge in [-0.05, 0) is 18.6 Å². The van der Waals surface area contributed by atoms with Gasteiger partial charge in [0.1, 0.15) is 0 Å². The van der Waals surface area contributed by atoms with Gasteiger partial charge >= 0.3 is 0 Å². The molecule has 0 aliphatic carbocycles. The number of ketones is 1. The number of fused-ring (bicyclic) bond motifs is 1. The van der Waals surface area contributed by atoms with Gasteiger partial charge in [-0.1, -0.05) is 18.2 Å². The largest absolute Gasteiger partial charge is 0.361 e. The van der Waals surface area contributed by atoms with Gasteiger partial charge in [-0.3, -0.25) is 4.79 Å². The monoisotopic (exact) mass is 202 g/mol. The van der Waals surface area contributed by atoms with Crippen LogP contribution >= 0.6 is 0 Å². The Balaban J connectivity index is 2.23. The lowest BCUT2D eigenvalue weighted by Crippen LogP contribution is -2.30. The van der Waals surface area contributed by atoms with E-state index in [2.05, 4.69) is 5.32 Å². The molecule has 0 aromatic heterocycles. The van der Waals surface area contributed by atoms with Gasteiger partial charge in [0.2, 0.25) is 0 Å². The van der Waals surface area contributed by atoms with Crippen LogP contribution in [0.1, 0.15) is 12.5 Å². The highest BCUT2D eigenvalue weighted by Gasteiger charge is 2.18. The molecule has 0 spiro atoms. The number of rotatable bonds is 2. The summed E-state index contributed by atoms with van der Waals surface area (Å²) in [4.78, 5) is 11.7. The summed E-state index contributed by atoms with van der Waals surface area (Å²) in [6, 6.07) is 7.53. The van der Waals surface area contributed by atoms with Crippen LogP contribution in [-0.4, -0.2) is 11.8 Å². The third kappa shape index (κ3) is 1.92. The molecule has 0 radical (unpaired) electrons. The maximum absolute atomic E-state index is 11.7. The number of hydrogen-bond donors (Lipinski definition) is 2. The molecule has 1 heterocycles. The van der Waals surface area contributed by atoms with Crippen molar-refractivity contribution in [3.05, 3.63) is 41.6 Å². The van der Waals surface area contributed by atoms with E-state index in [0.717, 1.165) is 16.8 Å². The lowest BCUT2D eigenvalue weighted by atomic mass is 9.96. The van der Waals surface area contributed by atoms with Crippen LogP contribution in [0.3, 0.4) is 0 Å². The van der Waals surface area contributed by atoms with Crippen molar-refractivity contribution >= 4 is 11.5 Å². The number of nitrogens with one attached hydrogen (secondary N) is 1. The van der Waals surface area contributed by atoms with Gasteiger partial charge in [-0.2, -0.15) is 0 Å². The minimum Gasteiger partial charge on any atom is -0.361 e. The van der Waals surface area contributed by atoms with Crippen molar-refractivity contribution in [1.82, 2.24) is 0 Å². The van der Waals surface area contributed by atoms with Crippen molar-refractivity contribution in [2.24, 2.45) is 5.73 Å². The summed E-state index contributed by atoms with van der Waals surface area (Å²) >= 11 is 0. The predicted molar refractivity (Wildman–Crippen MR) is 60.5 cm³/mol. The van der Waals surface area contributed by atoms with E-state index in [4.69, 9.17) is 5.73 Å². The summed E-state index contributed by atoms with van der Waals surface area (Å²) in [5, 5.41) is 3.11. The van der Waals surface area contributed by atoms with Gasteiger partial charge in [0, 0.05) is 23.9 Å². The molecule has 1 atom stereocenters. The van der Waals surface area contributed by atoms with Crippen molar-refractivity contribution in [2.45, 2.75) is 19.4 Å². The average molecular weight is 202 g/mol. The molecule has 15 heavy (non-hydrogen) atoms. The smallest absolute Gasteiger partial charge is 0.177 e. The molecule has 1 aliphatic heterocycles. The average Bonchev–Trinajstić information content (AvgIpc) is 2.27. The maximum Gasteiger partial charge on any atom is 0.177 e. The molecule has 2 rings (SSSR count). The fourth-order valence-electron chi connectivity index (χ4n) is 1.69. The van der Waals surface area contributed by atoms with E-state index in [1.165, 1.54) is 0 Å². The quantitative estimate of drug-likeness (QED) is 0.763. The highest BCUT2D eigenvalue weighted by Crippen LogP contribution is 2.23. The Morgan fingerprint density at radius 2 is 2.20 bits per heavy atom. The Morgan fingerprint density at radius 1 is 1.47 bits per heavy atom. The number of Topliss-reactive ketones (excluding diaryl/α,β-unsaturated/α-hetero) is 1. The first-order valence-corrected chi connectivity index (χ1v) is 5.02. The molecule has 0 amide bonds. The number of carbonyl (C=O) groups is 1. The van der Waals surface area contributed by atoms with Crippen LogP contribution in [0.25, 0.3) is 0 Å². The van der Waals surface area contributed by atoms with Crippen molar-refractivity contribution < 1.29 is 4.79 Å². The summed E-state index contributed by atoms with van der Waals surface area (Å²) in [5.41, 5.74) is 8.53. The van der Waals surface area contributed by atoms with Crippen molar-refractivity contribution in [3.63, 3.8) is 0 Å². The third-order valence-corrected chi connectivity index (χ3v) is 2.53. The lowest BCUT2D eigenvalue weighted by molar-refractivity contribution is -0.116. The molecule has 3 heteroatoms. The van der Waals surface area contributed by atoms with Crippen LogP contribution in [0.5, 0.6) is 0 Å². The van der Waals surface area contributed by atoms with Crippen molar-refractivity contribution in [1.29, 1.82) is 0 Å². The Morgan fingerprint density at radius 3 is 2.93 bits per heavy atom. The Hall–Kier alpha value is -1.61.